The molecule has 0 unspecified atom stereocenters. The van der Waals surface area contributed by atoms with Gasteiger partial charge in [-0.1, -0.05) is 25.0 Å². The molecule has 112 valence electrons. The van der Waals surface area contributed by atoms with E-state index in [1.165, 1.54) is 10.7 Å². The highest BCUT2D eigenvalue weighted by atomic mass is 19.2. The molecule has 0 amide bonds. The number of aromatic nitrogens is 3. The zero-order valence-corrected chi connectivity index (χ0v) is 11.5. The molecule has 0 aliphatic heterocycles. The Morgan fingerprint density at radius 3 is 2.67 bits per heavy atom. The molecule has 0 fully saturated rings. The van der Waals surface area contributed by atoms with E-state index in [1.54, 1.807) is 0 Å². The minimum Gasteiger partial charge on any atom is -0.476 e. The van der Waals surface area contributed by atoms with Gasteiger partial charge in [0.15, 0.2) is 17.3 Å². The second kappa shape index (κ2) is 6.43. The first-order valence-corrected chi connectivity index (χ1v) is 6.66. The van der Waals surface area contributed by atoms with E-state index in [0.29, 0.717) is 6.54 Å². The number of benzene rings is 1. The number of halogens is 2. The van der Waals surface area contributed by atoms with Gasteiger partial charge in [-0.25, -0.2) is 18.3 Å². The van der Waals surface area contributed by atoms with Gasteiger partial charge in [-0.3, -0.25) is 0 Å². The predicted molar refractivity (Wildman–Crippen MR) is 71.9 cm³/mol. The first kappa shape index (κ1) is 15.1. The highest BCUT2D eigenvalue weighted by molar-refractivity contribution is 5.92. The third kappa shape index (κ3) is 3.24. The van der Waals surface area contributed by atoms with Gasteiger partial charge >= 0.3 is 5.97 Å². The van der Waals surface area contributed by atoms with Crippen LogP contribution in [0.4, 0.5) is 8.78 Å². The first-order chi connectivity index (χ1) is 10.0. The molecule has 1 N–H and O–H groups in total. The average Bonchev–Trinajstić information content (AvgIpc) is 2.86. The molecule has 1 aromatic heterocycles. The molecule has 5 nitrogen and oxygen atoms in total. The smallest absolute Gasteiger partial charge is 0.358 e. The Morgan fingerprint density at radius 1 is 1.29 bits per heavy atom. The molecule has 0 saturated carbocycles. The second-order valence-electron chi connectivity index (χ2n) is 4.65. The van der Waals surface area contributed by atoms with Crippen LogP contribution in [0.25, 0.3) is 11.3 Å². The van der Waals surface area contributed by atoms with Gasteiger partial charge in [0.1, 0.15) is 5.69 Å². The molecule has 2 aromatic rings. The molecular weight excluding hydrogens is 280 g/mol. The number of unbranched alkanes of at least 4 members (excludes halogenated alkanes) is 2. The number of rotatable bonds is 6. The van der Waals surface area contributed by atoms with Crippen molar-refractivity contribution in [2.75, 3.05) is 0 Å². The zero-order valence-electron chi connectivity index (χ0n) is 11.5. The SMILES string of the molecule is CCCCCn1nnc(C(=O)O)c1-c1ccc(F)c(F)c1. The Morgan fingerprint density at radius 2 is 2.05 bits per heavy atom. The highest BCUT2D eigenvalue weighted by Gasteiger charge is 2.21. The van der Waals surface area contributed by atoms with Crippen LogP contribution in [0.5, 0.6) is 0 Å². The third-order valence-corrected chi connectivity index (χ3v) is 3.10. The second-order valence-corrected chi connectivity index (χ2v) is 4.65. The fraction of sp³-hybridized carbons (Fsp3) is 0.357. The lowest BCUT2D eigenvalue weighted by atomic mass is 10.1. The Hall–Kier alpha value is -2.31. The zero-order chi connectivity index (χ0) is 15.4. The van der Waals surface area contributed by atoms with E-state index in [-0.39, 0.29) is 17.0 Å². The molecule has 7 heteroatoms. The van der Waals surface area contributed by atoms with Gasteiger partial charge in [0.2, 0.25) is 0 Å². The molecule has 0 bridgehead atoms. The van der Waals surface area contributed by atoms with Gasteiger partial charge in [-0.15, -0.1) is 5.10 Å². The Kier molecular flexibility index (Phi) is 4.62. The summed E-state index contributed by atoms with van der Waals surface area (Å²) >= 11 is 0. The Bertz CT molecular complexity index is 656. The number of hydrogen-bond donors (Lipinski definition) is 1. The maximum Gasteiger partial charge on any atom is 0.358 e. The lowest BCUT2D eigenvalue weighted by molar-refractivity contribution is 0.0691. The normalized spacial score (nSPS) is 10.8. The van der Waals surface area contributed by atoms with E-state index in [9.17, 15) is 13.6 Å². The number of nitrogens with zero attached hydrogens (tertiary/aromatic N) is 3. The van der Waals surface area contributed by atoms with Gasteiger partial charge in [-0.2, -0.15) is 0 Å². The fourth-order valence-corrected chi connectivity index (χ4v) is 2.05. The highest BCUT2D eigenvalue weighted by Crippen LogP contribution is 2.24. The van der Waals surface area contributed by atoms with Crippen LogP contribution in [0.3, 0.4) is 0 Å². The lowest BCUT2D eigenvalue weighted by Gasteiger charge is -2.07. The summed E-state index contributed by atoms with van der Waals surface area (Å²) < 4.78 is 27.8. The monoisotopic (exact) mass is 295 g/mol. The lowest BCUT2D eigenvalue weighted by Crippen LogP contribution is -2.05. The molecular formula is C14H15F2N3O2. The molecule has 0 aliphatic carbocycles. The summed E-state index contributed by atoms with van der Waals surface area (Å²) in [7, 11) is 0. The van der Waals surface area contributed by atoms with Crippen LogP contribution in [-0.2, 0) is 6.54 Å². The topological polar surface area (TPSA) is 68.0 Å². The summed E-state index contributed by atoms with van der Waals surface area (Å²) in [6, 6.07) is 3.23. The molecule has 0 spiro atoms. The van der Waals surface area contributed by atoms with Crippen molar-refractivity contribution in [2.45, 2.75) is 32.7 Å². The largest absolute Gasteiger partial charge is 0.476 e. The van der Waals surface area contributed by atoms with Crippen LogP contribution in [0.15, 0.2) is 18.2 Å². The van der Waals surface area contributed by atoms with Crippen molar-refractivity contribution in [3.8, 4) is 11.3 Å². The molecule has 0 radical (unpaired) electrons. The number of carboxylic acid groups (broad SMARTS) is 1. The predicted octanol–water partition coefficient (Wildman–Crippen LogP) is 3.11. The van der Waals surface area contributed by atoms with Crippen molar-refractivity contribution >= 4 is 5.97 Å². The average molecular weight is 295 g/mol. The third-order valence-electron chi connectivity index (χ3n) is 3.10. The van der Waals surface area contributed by atoms with Crippen LogP contribution in [0.2, 0.25) is 0 Å². The van der Waals surface area contributed by atoms with E-state index < -0.39 is 17.6 Å². The summed E-state index contributed by atoms with van der Waals surface area (Å²) in [5.41, 5.74) is 0.169. The summed E-state index contributed by atoms with van der Waals surface area (Å²) in [6.45, 7) is 2.52. The van der Waals surface area contributed by atoms with Crippen LogP contribution >= 0.6 is 0 Å². The maximum absolute atomic E-state index is 13.4. The van der Waals surface area contributed by atoms with Crippen LogP contribution in [0, 0.1) is 11.6 Å². The van der Waals surface area contributed by atoms with E-state index >= 15 is 0 Å². The standard InChI is InChI=1S/C14H15F2N3O2/c1-2-3-4-7-19-13(12(14(20)21)17-18-19)9-5-6-10(15)11(16)8-9/h5-6,8H,2-4,7H2,1H3,(H,20,21). The van der Waals surface area contributed by atoms with Crippen molar-refractivity contribution in [1.29, 1.82) is 0 Å². The van der Waals surface area contributed by atoms with Crippen molar-refractivity contribution in [2.24, 2.45) is 0 Å². The summed E-state index contributed by atoms with van der Waals surface area (Å²) in [6.07, 6.45) is 2.76. The molecule has 0 atom stereocenters. The molecule has 21 heavy (non-hydrogen) atoms. The summed E-state index contributed by atoms with van der Waals surface area (Å²) in [5, 5.41) is 16.6. The maximum atomic E-state index is 13.4. The summed E-state index contributed by atoms with van der Waals surface area (Å²) in [5.74, 6) is -3.28. The Labute approximate surface area is 120 Å². The minimum atomic E-state index is -1.25. The molecule has 0 saturated heterocycles. The van der Waals surface area contributed by atoms with Gasteiger partial charge < -0.3 is 5.11 Å². The van der Waals surface area contributed by atoms with Crippen LogP contribution in [0.1, 0.15) is 36.7 Å². The van der Waals surface area contributed by atoms with Crippen molar-refractivity contribution < 1.29 is 18.7 Å². The van der Waals surface area contributed by atoms with Crippen molar-refractivity contribution in [3.05, 3.63) is 35.5 Å². The van der Waals surface area contributed by atoms with E-state index in [0.717, 1.165) is 31.4 Å². The number of aryl methyl sites for hydroxylation is 1. The van der Waals surface area contributed by atoms with Gasteiger partial charge in [0.05, 0.1) is 0 Å². The van der Waals surface area contributed by atoms with Crippen LogP contribution < -0.4 is 0 Å². The first-order valence-electron chi connectivity index (χ1n) is 6.66. The molecule has 2 rings (SSSR count). The van der Waals surface area contributed by atoms with Gasteiger partial charge in [0.25, 0.3) is 0 Å². The molecule has 1 heterocycles. The van der Waals surface area contributed by atoms with Crippen molar-refractivity contribution in [3.63, 3.8) is 0 Å². The quantitative estimate of drug-likeness (QED) is 0.831. The Balaban J connectivity index is 2.44. The van der Waals surface area contributed by atoms with E-state index in [4.69, 9.17) is 5.11 Å². The summed E-state index contributed by atoms with van der Waals surface area (Å²) in [4.78, 5) is 11.2. The number of aromatic carboxylic acids is 1. The molecule has 0 aliphatic rings. The minimum absolute atomic E-state index is 0.192. The van der Waals surface area contributed by atoms with Gasteiger partial charge in [0, 0.05) is 12.1 Å². The van der Waals surface area contributed by atoms with E-state index in [1.807, 2.05) is 6.92 Å². The van der Waals surface area contributed by atoms with Gasteiger partial charge in [-0.05, 0) is 24.6 Å². The number of carbonyl (C=O) groups is 1. The number of hydrogen-bond acceptors (Lipinski definition) is 3. The number of carboxylic acids is 1. The van der Waals surface area contributed by atoms with Crippen LogP contribution in [-0.4, -0.2) is 26.1 Å². The molecule has 1 aromatic carbocycles. The van der Waals surface area contributed by atoms with E-state index in [2.05, 4.69) is 10.3 Å². The van der Waals surface area contributed by atoms with Crippen molar-refractivity contribution in [1.82, 2.24) is 15.0 Å². The fourth-order valence-electron chi connectivity index (χ4n) is 2.05.